The summed E-state index contributed by atoms with van der Waals surface area (Å²) in [4.78, 5) is 23.9. The fourth-order valence-corrected chi connectivity index (χ4v) is 5.43. The monoisotopic (exact) mass is 488 g/mol. The molecule has 7 nitrogen and oxygen atoms in total. The predicted octanol–water partition coefficient (Wildman–Crippen LogP) is 4.68. The van der Waals surface area contributed by atoms with Gasteiger partial charge in [0.2, 0.25) is 0 Å². The maximum absolute atomic E-state index is 13.4. The van der Waals surface area contributed by atoms with Crippen LogP contribution in [0.1, 0.15) is 23.7 Å². The highest BCUT2D eigenvalue weighted by Gasteiger charge is 2.22. The van der Waals surface area contributed by atoms with Crippen LogP contribution >= 0.6 is 22.9 Å². The molecule has 2 heterocycles. The van der Waals surface area contributed by atoms with Crippen LogP contribution in [0.4, 0.5) is 5.13 Å². The van der Waals surface area contributed by atoms with Crippen LogP contribution in [-0.2, 0) is 16.4 Å². The van der Waals surface area contributed by atoms with Gasteiger partial charge in [0, 0.05) is 31.0 Å². The molecule has 0 saturated carbocycles. The Morgan fingerprint density at radius 2 is 1.97 bits per heavy atom. The van der Waals surface area contributed by atoms with Crippen molar-refractivity contribution in [2.45, 2.75) is 24.8 Å². The number of aryl methyl sites for hydroxylation is 1. The summed E-state index contributed by atoms with van der Waals surface area (Å²) < 4.78 is 27.0. The van der Waals surface area contributed by atoms with Crippen molar-refractivity contribution in [3.63, 3.8) is 0 Å². The van der Waals surface area contributed by atoms with Crippen molar-refractivity contribution < 1.29 is 13.2 Å². The van der Waals surface area contributed by atoms with E-state index in [1.165, 1.54) is 23.5 Å². The van der Waals surface area contributed by atoms with E-state index in [-0.39, 0.29) is 16.6 Å². The minimum atomic E-state index is -3.33. The van der Waals surface area contributed by atoms with Crippen molar-refractivity contribution >= 4 is 54.0 Å². The molecule has 166 valence electrons. The van der Waals surface area contributed by atoms with Gasteiger partial charge < -0.3 is 4.57 Å². The number of sulfone groups is 1. The van der Waals surface area contributed by atoms with Gasteiger partial charge in [0.05, 0.1) is 26.7 Å². The molecule has 0 N–H and O–H groups in total. The molecule has 0 saturated heterocycles. The van der Waals surface area contributed by atoms with Gasteiger partial charge >= 0.3 is 0 Å². The molecule has 2 aromatic heterocycles. The molecule has 0 unspecified atom stereocenters. The standard InChI is InChI=1S/C22H21ClN4O3S2/c1-2-32(29,30)17-9-7-16(8-10-17)21(28)27(13-4-12-26-14-11-24-15-26)22-25-20-18(23)5-3-6-19(20)31-22/h3,5-11,14-15H,2,4,12-13H2,1H3. The van der Waals surface area contributed by atoms with E-state index in [0.717, 1.165) is 4.70 Å². The second-order valence-electron chi connectivity index (χ2n) is 7.12. The number of para-hydroxylation sites is 1. The predicted molar refractivity (Wildman–Crippen MR) is 127 cm³/mol. The lowest BCUT2D eigenvalue weighted by atomic mass is 10.2. The second kappa shape index (κ2) is 9.40. The molecule has 32 heavy (non-hydrogen) atoms. The van der Waals surface area contributed by atoms with Crippen LogP contribution in [0.2, 0.25) is 5.02 Å². The third-order valence-corrected chi connectivity index (χ3v) is 8.13. The van der Waals surface area contributed by atoms with Crippen LogP contribution < -0.4 is 4.90 Å². The lowest BCUT2D eigenvalue weighted by molar-refractivity contribution is 0.0986. The maximum Gasteiger partial charge on any atom is 0.260 e. The van der Waals surface area contributed by atoms with Crippen LogP contribution in [0.25, 0.3) is 10.2 Å². The first-order valence-corrected chi connectivity index (χ1v) is 12.9. The number of benzene rings is 2. The van der Waals surface area contributed by atoms with E-state index < -0.39 is 9.84 Å². The number of hydrogen-bond donors (Lipinski definition) is 0. The number of nitrogens with zero attached hydrogens (tertiary/aromatic N) is 4. The fraction of sp³-hybridized carbons (Fsp3) is 0.227. The summed E-state index contributed by atoms with van der Waals surface area (Å²) in [5.41, 5.74) is 1.05. The Morgan fingerprint density at radius 3 is 2.62 bits per heavy atom. The number of carbonyl (C=O) groups excluding carboxylic acids is 1. The molecule has 10 heteroatoms. The smallest absolute Gasteiger partial charge is 0.260 e. The number of thiazole rings is 1. The van der Waals surface area contributed by atoms with E-state index >= 15 is 0 Å². The average Bonchev–Trinajstić information content (AvgIpc) is 3.47. The third kappa shape index (κ3) is 4.69. The highest BCUT2D eigenvalue weighted by molar-refractivity contribution is 7.91. The lowest BCUT2D eigenvalue weighted by Crippen LogP contribution is -2.32. The van der Waals surface area contributed by atoms with E-state index in [4.69, 9.17) is 11.6 Å². The highest BCUT2D eigenvalue weighted by Crippen LogP contribution is 2.33. The summed E-state index contributed by atoms with van der Waals surface area (Å²) in [6, 6.07) is 11.6. The number of halogens is 1. The van der Waals surface area contributed by atoms with E-state index in [9.17, 15) is 13.2 Å². The normalized spacial score (nSPS) is 11.7. The zero-order valence-electron chi connectivity index (χ0n) is 17.3. The Bertz CT molecular complexity index is 1330. The van der Waals surface area contributed by atoms with Gasteiger partial charge in [-0.05, 0) is 42.8 Å². The van der Waals surface area contributed by atoms with Gasteiger partial charge in [-0.1, -0.05) is 35.9 Å². The van der Waals surface area contributed by atoms with Crippen molar-refractivity contribution in [1.29, 1.82) is 0 Å². The summed E-state index contributed by atoms with van der Waals surface area (Å²) in [7, 11) is -3.33. The lowest BCUT2D eigenvalue weighted by Gasteiger charge is -2.20. The Kier molecular flexibility index (Phi) is 6.59. The van der Waals surface area contributed by atoms with Crippen molar-refractivity contribution in [1.82, 2.24) is 14.5 Å². The molecular formula is C22H21ClN4O3S2. The molecule has 0 fully saturated rings. The third-order valence-electron chi connectivity index (χ3n) is 5.03. The largest absolute Gasteiger partial charge is 0.337 e. The molecule has 0 aliphatic carbocycles. The minimum absolute atomic E-state index is 0.00708. The maximum atomic E-state index is 13.4. The average molecular weight is 489 g/mol. The summed E-state index contributed by atoms with van der Waals surface area (Å²) in [6.45, 7) is 2.72. The van der Waals surface area contributed by atoms with Crippen LogP contribution in [0.3, 0.4) is 0 Å². The summed E-state index contributed by atoms with van der Waals surface area (Å²) >= 11 is 7.69. The molecule has 0 bridgehead atoms. The number of rotatable bonds is 8. The number of fused-ring (bicyclic) bond motifs is 1. The molecule has 0 aliphatic heterocycles. The zero-order chi connectivity index (χ0) is 22.7. The number of hydrogen-bond acceptors (Lipinski definition) is 6. The fourth-order valence-electron chi connectivity index (χ4n) is 3.26. The van der Waals surface area contributed by atoms with E-state index in [1.54, 1.807) is 42.5 Å². The molecule has 0 spiro atoms. The summed E-state index contributed by atoms with van der Waals surface area (Å²) in [5, 5.41) is 1.08. The Morgan fingerprint density at radius 1 is 1.19 bits per heavy atom. The van der Waals surface area contributed by atoms with Crippen LogP contribution in [0.5, 0.6) is 0 Å². The van der Waals surface area contributed by atoms with Crippen LogP contribution in [0.15, 0.2) is 66.1 Å². The number of anilines is 1. The van der Waals surface area contributed by atoms with Crippen LogP contribution in [0, 0.1) is 0 Å². The van der Waals surface area contributed by atoms with Crippen molar-refractivity contribution in [3.05, 3.63) is 71.8 Å². The molecule has 0 radical (unpaired) electrons. The van der Waals surface area contributed by atoms with Gasteiger partial charge in [0.25, 0.3) is 5.91 Å². The van der Waals surface area contributed by atoms with E-state index in [1.807, 2.05) is 22.9 Å². The first-order valence-electron chi connectivity index (χ1n) is 10.0. The Labute approximate surface area is 195 Å². The molecular weight excluding hydrogens is 468 g/mol. The number of carbonyl (C=O) groups is 1. The van der Waals surface area contributed by atoms with Crippen molar-refractivity contribution in [3.8, 4) is 0 Å². The second-order valence-corrected chi connectivity index (χ2v) is 10.8. The molecule has 0 aliphatic rings. The first kappa shape index (κ1) is 22.4. The Balaban J connectivity index is 1.64. The number of imidazole rings is 1. The van der Waals surface area contributed by atoms with Gasteiger partial charge in [0.15, 0.2) is 15.0 Å². The number of amides is 1. The first-order chi connectivity index (χ1) is 15.4. The van der Waals surface area contributed by atoms with Gasteiger partial charge in [-0.3, -0.25) is 9.69 Å². The molecule has 4 aromatic rings. The van der Waals surface area contributed by atoms with Gasteiger partial charge in [-0.2, -0.15) is 0 Å². The quantitative estimate of drug-likeness (QED) is 0.359. The summed E-state index contributed by atoms with van der Waals surface area (Å²) in [5.74, 6) is -0.237. The molecule has 2 aromatic carbocycles. The number of aromatic nitrogens is 3. The summed E-state index contributed by atoms with van der Waals surface area (Å²) in [6.07, 6.45) is 6.01. The van der Waals surface area contributed by atoms with Gasteiger partial charge in [-0.15, -0.1) is 0 Å². The van der Waals surface area contributed by atoms with Crippen LogP contribution in [-0.4, -0.2) is 41.2 Å². The van der Waals surface area contributed by atoms with E-state index in [0.29, 0.717) is 40.7 Å². The topological polar surface area (TPSA) is 85.2 Å². The SMILES string of the molecule is CCS(=O)(=O)c1ccc(C(=O)N(CCCn2ccnc2)c2nc3c(Cl)cccc3s2)cc1. The highest BCUT2D eigenvalue weighted by atomic mass is 35.5. The minimum Gasteiger partial charge on any atom is -0.337 e. The zero-order valence-corrected chi connectivity index (χ0v) is 19.7. The van der Waals surface area contributed by atoms with E-state index in [2.05, 4.69) is 9.97 Å². The van der Waals surface area contributed by atoms with Crippen molar-refractivity contribution in [2.24, 2.45) is 0 Å². The molecule has 1 amide bonds. The molecule has 4 rings (SSSR count). The van der Waals surface area contributed by atoms with Crippen molar-refractivity contribution in [2.75, 3.05) is 17.2 Å². The molecule has 0 atom stereocenters. The van der Waals surface area contributed by atoms with Gasteiger partial charge in [0.1, 0.15) is 5.52 Å². The Hall–Kier alpha value is -2.75. The van der Waals surface area contributed by atoms with Gasteiger partial charge in [-0.25, -0.2) is 18.4 Å².